The molecule has 0 spiro atoms. The van der Waals surface area contributed by atoms with E-state index in [1.165, 1.54) is 17.0 Å². The van der Waals surface area contributed by atoms with Gasteiger partial charge in [-0.25, -0.2) is 4.98 Å². The fourth-order valence-electron chi connectivity index (χ4n) is 2.29. The molecule has 1 aliphatic carbocycles. The van der Waals surface area contributed by atoms with Gasteiger partial charge in [-0.3, -0.25) is 5.43 Å². The number of aryl methyl sites for hydroxylation is 1. The Morgan fingerprint density at radius 3 is 3.05 bits per heavy atom. The van der Waals surface area contributed by atoms with Crippen molar-refractivity contribution in [2.45, 2.75) is 26.2 Å². The van der Waals surface area contributed by atoms with Crippen molar-refractivity contribution in [3.63, 3.8) is 0 Å². The molecule has 1 unspecified atom stereocenters. The molecule has 1 heterocycles. The molecule has 1 aromatic heterocycles. The second kappa shape index (κ2) is 5.53. The maximum atomic E-state index is 4.61. The summed E-state index contributed by atoms with van der Waals surface area (Å²) in [5.41, 5.74) is 5.39. The summed E-state index contributed by atoms with van der Waals surface area (Å²) in [6, 6.07) is 10.1. The summed E-state index contributed by atoms with van der Waals surface area (Å²) in [6.07, 6.45) is 5.35. The number of hydrogen-bond acceptors (Lipinski definition) is 4. The maximum Gasteiger partial charge on any atom is 0.203 e. The third-order valence-corrected chi connectivity index (χ3v) is 4.38. The highest BCUT2D eigenvalue weighted by molar-refractivity contribution is 7.15. The van der Waals surface area contributed by atoms with Gasteiger partial charge in [0.1, 0.15) is 0 Å². The molecule has 0 saturated carbocycles. The molecule has 1 atom stereocenters. The zero-order valence-corrected chi connectivity index (χ0v) is 11.8. The standard InChI is InChI=1S/C15H17N3S/c1-11-7-8-13-14(9-11)19-15(17-13)18-16-10-12-5-3-2-4-6-12/h2-6,10-11H,7-9H2,1H3,(H,17,18)/b16-10-. The van der Waals surface area contributed by atoms with Crippen molar-refractivity contribution in [1.82, 2.24) is 4.98 Å². The Kier molecular flexibility index (Phi) is 3.60. The minimum absolute atomic E-state index is 0.786. The zero-order valence-electron chi connectivity index (χ0n) is 11.0. The van der Waals surface area contributed by atoms with Crippen LogP contribution in [0.5, 0.6) is 0 Å². The van der Waals surface area contributed by atoms with E-state index in [1.807, 2.05) is 36.5 Å². The summed E-state index contributed by atoms with van der Waals surface area (Å²) < 4.78 is 0. The molecule has 0 amide bonds. The predicted molar refractivity (Wildman–Crippen MR) is 81.0 cm³/mol. The molecular formula is C15H17N3S. The lowest BCUT2D eigenvalue weighted by molar-refractivity contribution is 0.502. The van der Waals surface area contributed by atoms with E-state index >= 15 is 0 Å². The molecule has 0 radical (unpaired) electrons. The van der Waals surface area contributed by atoms with Crippen molar-refractivity contribution in [3.8, 4) is 0 Å². The third kappa shape index (κ3) is 3.01. The van der Waals surface area contributed by atoms with Crippen LogP contribution in [-0.4, -0.2) is 11.2 Å². The van der Waals surface area contributed by atoms with E-state index in [4.69, 9.17) is 0 Å². The molecule has 0 aliphatic heterocycles. The van der Waals surface area contributed by atoms with Crippen LogP contribution in [0.3, 0.4) is 0 Å². The number of nitrogens with one attached hydrogen (secondary N) is 1. The number of nitrogens with zero attached hydrogens (tertiary/aromatic N) is 2. The smallest absolute Gasteiger partial charge is 0.203 e. The Morgan fingerprint density at radius 1 is 1.37 bits per heavy atom. The fraction of sp³-hybridized carbons (Fsp3) is 0.333. The number of rotatable bonds is 3. The van der Waals surface area contributed by atoms with Crippen molar-refractivity contribution in [2.75, 3.05) is 5.43 Å². The molecule has 1 N–H and O–H groups in total. The van der Waals surface area contributed by atoms with Gasteiger partial charge in [0.15, 0.2) is 0 Å². The normalized spacial score (nSPS) is 18.5. The number of hydrazone groups is 1. The molecule has 98 valence electrons. The highest BCUT2D eigenvalue weighted by Gasteiger charge is 2.19. The first kappa shape index (κ1) is 12.4. The van der Waals surface area contributed by atoms with E-state index in [-0.39, 0.29) is 0 Å². The van der Waals surface area contributed by atoms with Crippen molar-refractivity contribution < 1.29 is 0 Å². The lowest BCUT2D eigenvalue weighted by Crippen LogP contribution is -2.09. The van der Waals surface area contributed by atoms with E-state index in [1.54, 1.807) is 11.3 Å². The van der Waals surface area contributed by atoms with Crippen LogP contribution in [0.4, 0.5) is 5.13 Å². The van der Waals surface area contributed by atoms with Gasteiger partial charge in [-0.1, -0.05) is 37.3 Å². The predicted octanol–water partition coefficient (Wildman–Crippen LogP) is 3.71. The molecule has 1 aromatic carbocycles. The van der Waals surface area contributed by atoms with Crippen LogP contribution in [0, 0.1) is 5.92 Å². The monoisotopic (exact) mass is 271 g/mol. The van der Waals surface area contributed by atoms with E-state index in [9.17, 15) is 0 Å². The van der Waals surface area contributed by atoms with Gasteiger partial charge in [-0.15, -0.1) is 11.3 Å². The van der Waals surface area contributed by atoms with Crippen LogP contribution in [0.25, 0.3) is 0 Å². The van der Waals surface area contributed by atoms with Gasteiger partial charge >= 0.3 is 0 Å². The quantitative estimate of drug-likeness (QED) is 0.682. The third-order valence-electron chi connectivity index (χ3n) is 3.36. The van der Waals surface area contributed by atoms with E-state index < -0.39 is 0 Å². The zero-order chi connectivity index (χ0) is 13.1. The Hall–Kier alpha value is -1.68. The maximum absolute atomic E-state index is 4.61. The molecule has 3 rings (SSSR count). The molecule has 19 heavy (non-hydrogen) atoms. The van der Waals surface area contributed by atoms with Crippen molar-refractivity contribution in [2.24, 2.45) is 11.0 Å². The largest absolute Gasteiger partial charge is 0.253 e. The number of fused-ring (bicyclic) bond motifs is 1. The molecule has 4 heteroatoms. The first-order valence-electron chi connectivity index (χ1n) is 6.64. The van der Waals surface area contributed by atoms with Crippen molar-refractivity contribution >= 4 is 22.7 Å². The minimum Gasteiger partial charge on any atom is -0.253 e. The van der Waals surface area contributed by atoms with Crippen LogP contribution in [0.15, 0.2) is 35.4 Å². The first-order chi connectivity index (χ1) is 9.31. The van der Waals surface area contributed by atoms with Crippen molar-refractivity contribution in [1.29, 1.82) is 0 Å². The summed E-state index contributed by atoms with van der Waals surface area (Å²) >= 11 is 1.74. The van der Waals surface area contributed by atoms with Gasteiger partial charge in [0.05, 0.1) is 11.9 Å². The van der Waals surface area contributed by atoms with E-state index in [0.717, 1.165) is 29.5 Å². The highest BCUT2D eigenvalue weighted by atomic mass is 32.1. The molecule has 0 fully saturated rings. The molecule has 3 nitrogen and oxygen atoms in total. The molecule has 0 saturated heterocycles. The SMILES string of the molecule is CC1CCc2nc(N/N=C\c3ccccc3)sc2C1. The second-order valence-electron chi connectivity index (χ2n) is 5.02. The van der Waals surface area contributed by atoms with E-state index in [2.05, 4.69) is 22.4 Å². The number of aromatic nitrogens is 1. The second-order valence-corrected chi connectivity index (χ2v) is 6.10. The van der Waals surface area contributed by atoms with Crippen molar-refractivity contribution in [3.05, 3.63) is 46.5 Å². The van der Waals surface area contributed by atoms with Gasteiger partial charge in [0.25, 0.3) is 0 Å². The molecule has 0 bridgehead atoms. The van der Waals surface area contributed by atoms with E-state index in [0.29, 0.717) is 0 Å². The van der Waals surface area contributed by atoms with Crippen LogP contribution >= 0.6 is 11.3 Å². The molecule has 2 aromatic rings. The first-order valence-corrected chi connectivity index (χ1v) is 7.45. The fourth-order valence-corrected chi connectivity index (χ4v) is 3.41. The summed E-state index contributed by atoms with van der Waals surface area (Å²) in [6.45, 7) is 2.31. The van der Waals surface area contributed by atoms with Gasteiger partial charge in [-0.2, -0.15) is 5.10 Å². The Labute approximate surface area is 117 Å². The Morgan fingerprint density at radius 2 is 2.21 bits per heavy atom. The average Bonchev–Trinajstić information content (AvgIpc) is 2.82. The Bertz CT molecular complexity index is 574. The lowest BCUT2D eigenvalue weighted by Gasteiger charge is -2.15. The molecular weight excluding hydrogens is 254 g/mol. The molecule has 1 aliphatic rings. The summed E-state index contributed by atoms with van der Waals surface area (Å²) in [5.74, 6) is 0.786. The summed E-state index contributed by atoms with van der Waals surface area (Å²) in [5, 5.41) is 5.16. The van der Waals surface area contributed by atoms with Gasteiger partial charge in [-0.05, 0) is 30.7 Å². The minimum atomic E-state index is 0.786. The number of anilines is 1. The van der Waals surface area contributed by atoms with Crippen LogP contribution in [0.2, 0.25) is 0 Å². The van der Waals surface area contributed by atoms with Crippen LogP contribution in [0.1, 0.15) is 29.5 Å². The topological polar surface area (TPSA) is 37.3 Å². The summed E-state index contributed by atoms with van der Waals surface area (Å²) in [7, 11) is 0. The van der Waals surface area contributed by atoms with Gasteiger partial charge in [0.2, 0.25) is 5.13 Å². The number of thiazole rings is 1. The number of benzene rings is 1. The van der Waals surface area contributed by atoms with Gasteiger partial charge < -0.3 is 0 Å². The van der Waals surface area contributed by atoms with Gasteiger partial charge in [0, 0.05) is 4.88 Å². The van der Waals surface area contributed by atoms with Crippen LogP contribution < -0.4 is 5.43 Å². The Balaban J connectivity index is 1.66. The van der Waals surface area contributed by atoms with Crippen LogP contribution in [-0.2, 0) is 12.8 Å². The number of hydrogen-bond donors (Lipinski definition) is 1. The lowest BCUT2D eigenvalue weighted by atomic mass is 9.93. The highest BCUT2D eigenvalue weighted by Crippen LogP contribution is 2.31. The summed E-state index contributed by atoms with van der Waals surface area (Å²) in [4.78, 5) is 6.04. The average molecular weight is 271 g/mol.